The third-order valence-electron chi connectivity index (χ3n) is 0.311. The second-order valence-corrected chi connectivity index (χ2v) is 1.52. The van der Waals surface area contributed by atoms with Gasteiger partial charge >= 0.3 is 0 Å². The van der Waals surface area contributed by atoms with E-state index in [1.54, 1.807) is 0 Å². The molecule has 0 radical (unpaired) electrons. The lowest BCUT2D eigenvalue weighted by atomic mass is 10.4. The predicted octanol–water partition coefficient (Wildman–Crippen LogP) is 0.533. The summed E-state index contributed by atoms with van der Waals surface area (Å²) < 4.78 is 0. The van der Waals surface area contributed by atoms with Crippen molar-refractivity contribution in [2.24, 2.45) is 4.99 Å². The summed E-state index contributed by atoms with van der Waals surface area (Å²) in [6, 6.07) is 0.0995. The van der Waals surface area contributed by atoms with Crippen molar-refractivity contribution in [2.45, 2.75) is 19.9 Å². The van der Waals surface area contributed by atoms with Gasteiger partial charge in [-0.2, -0.15) is 0 Å². The summed E-state index contributed by atoms with van der Waals surface area (Å²) in [6.07, 6.45) is 2.94. The highest BCUT2D eigenvalue weighted by atomic mass is 16.1. The fourth-order valence-corrected chi connectivity index (χ4v) is 0.105. The summed E-state index contributed by atoms with van der Waals surface area (Å²) in [4.78, 5) is 29.3. The Balaban J connectivity index is -0.000000115. The van der Waals surface area contributed by atoms with Crippen LogP contribution in [0.4, 0.5) is 0 Å². The average molecular weight is 171 g/mol. The summed E-state index contributed by atoms with van der Waals surface area (Å²) >= 11 is 0. The Morgan fingerprint density at radius 1 is 1.08 bits per heavy atom. The van der Waals surface area contributed by atoms with Gasteiger partial charge in [0, 0.05) is 0 Å². The van der Waals surface area contributed by atoms with Crippen LogP contribution < -0.4 is 0 Å². The van der Waals surface area contributed by atoms with Crippen molar-refractivity contribution >= 4 is 18.2 Å². The smallest absolute Gasteiger partial charge is 0.222 e. The molecule has 0 spiro atoms. The molecule has 2 N–H and O–H groups in total. The van der Waals surface area contributed by atoms with E-state index in [9.17, 15) is 4.79 Å². The Morgan fingerprint density at radius 2 is 1.33 bits per heavy atom. The predicted molar refractivity (Wildman–Crippen MR) is 40.1 cm³/mol. The summed E-state index contributed by atoms with van der Waals surface area (Å²) in [7, 11) is 0. The summed E-state index contributed by atoms with van der Waals surface area (Å²) in [6.45, 7) is 3.65. The van der Waals surface area contributed by atoms with E-state index in [0.29, 0.717) is 0 Å². The zero-order valence-electron chi connectivity index (χ0n) is 6.75. The molecule has 0 heterocycles. The van der Waals surface area contributed by atoms with Crippen LogP contribution in [-0.4, -0.2) is 24.3 Å². The molecule has 0 aromatic carbocycles. The number of hydrogen-bond donors (Lipinski definition) is 2. The van der Waals surface area contributed by atoms with E-state index < -0.39 is 0 Å². The van der Waals surface area contributed by atoms with E-state index in [4.69, 9.17) is 20.4 Å². The van der Waals surface area contributed by atoms with Crippen LogP contribution in [0.5, 0.6) is 0 Å². The molecule has 0 aliphatic heterocycles. The summed E-state index contributed by atoms with van der Waals surface area (Å²) in [5, 5.41) is 10.8. The molecule has 0 fully saturated rings. The van der Waals surface area contributed by atoms with Crippen molar-refractivity contribution in [3.63, 3.8) is 0 Å². The van der Waals surface area contributed by atoms with E-state index in [1.807, 2.05) is 13.8 Å². The van der Waals surface area contributed by atoms with Gasteiger partial charge < -0.3 is 0 Å². The molecule has 66 valence electrons. The van der Waals surface area contributed by atoms with Gasteiger partial charge in [-0.25, -0.2) is 30.2 Å². The van der Waals surface area contributed by atoms with E-state index in [1.165, 1.54) is 6.08 Å². The van der Waals surface area contributed by atoms with Crippen LogP contribution in [0.1, 0.15) is 13.8 Å². The number of rotatable bonds is 1. The number of isocyanates is 3. The second-order valence-electron chi connectivity index (χ2n) is 1.52. The molecule has 6 heteroatoms. The molecule has 0 aromatic heterocycles. The van der Waals surface area contributed by atoms with Crippen LogP contribution in [0.2, 0.25) is 0 Å². The van der Waals surface area contributed by atoms with Gasteiger partial charge in [0.05, 0.1) is 6.04 Å². The Morgan fingerprint density at radius 3 is 1.33 bits per heavy atom. The van der Waals surface area contributed by atoms with Gasteiger partial charge in [-0.15, -0.1) is 0 Å². The maximum atomic E-state index is 9.32. The van der Waals surface area contributed by atoms with E-state index in [2.05, 4.69) is 4.99 Å². The fourth-order valence-electron chi connectivity index (χ4n) is 0.105. The first-order valence-corrected chi connectivity index (χ1v) is 2.75. The Kier molecular flexibility index (Phi) is 31.7. The van der Waals surface area contributed by atoms with Gasteiger partial charge in [-0.1, -0.05) is 0 Å². The number of hydrogen-bond acceptors (Lipinski definition) is 6. The number of nitrogens with one attached hydrogen (secondary N) is 2. The lowest BCUT2D eigenvalue weighted by Gasteiger charge is -1.82. The largest absolute Gasteiger partial charge is 0.235 e. The minimum absolute atomic E-state index is 0.0995. The number of nitrogens with zero attached hydrogens (tertiary/aromatic N) is 1. The van der Waals surface area contributed by atoms with E-state index in [-0.39, 0.29) is 6.04 Å². The quantitative estimate of drug-likeness (QED) is 0.443. The fraction of sp³-hybridized carbons (Fsp3) is 0.500. The molecule has 0 bridgehead atoms. The molecule has 0 rings (SSSR count). The van der Waals surface area contributed by atoms with E-state index in [0.717, 1.165) is 12.2 Å². The molecule has 0 aliphatic carbocycles. The molecule has 12 heavy (non-hydrogen) atoms. The van der Waals surface area contributed by atoms with Crippen molar-refractivity contribution in [2.75, 3.05) is 0 Å². The zero-order chi connectivity index (χ0) is 10.4. The van der Waals surface area contributed by atoms with Gasteiger partial charge in [-0.05, 0) is 13.8 Å². The minimum atomic E-state index is 0.0995. The normalized spacial score (nSPS) is 5.25. The third-order valence-corrected chi connectivity index (χ3v) is 0.311. The van der Waals surface area contributed by atoms with Gasteiger partial charge in [0.1, 0.15) is 0 Å². The van der Waals surface area contributed by atoms with Crippen molar-refractivity contribution in [1.82, 2.24) is 0 Å². The van der Waals surface area contributed by atoms with Crippen LogP contribution in [-0.2, 0) is 14.4 Å². The molecular formula is C6H9N3O3. The lowest BCUT2D eigenvalue weighted by Crippen LogP contribution is -1.83. The third kappa shape index (κ3) is 319. The van der Waals surface area contributed by atoms with E-state index >= 15 is 0 Å². The highest BCUT2D eigenvalue weighted by Crippen LogP contribution is 1.78. The molecule has 0 aliphatic rings. The average Bonchev–Trinajstić information content (AvgIpc) is 1.89. The van der Waals surface area contributed by atoms with Gasteiger partial charge in [-0.3, -0.25) is 0 Å². The number of aliphatic imine (C=N–C) groups is 1. The molecular weight excluding hydrogens is 162 g/mol. The zero-order valence-corrected chi connectivity index (χ0v) is 6.75. The highest BCUT2D eigenvalue weighted by molar-refractivity contribution is 5.33. The topological polar surface area (TPSA) is 111 Å². The Bertz CT molecular complexity index is 182. The Hall–Kier alpha value is -1.86. The molecule has 0 unspecified atom stereocenters. The molecule has 0 atom stereocenters. The molecule has 0 aromatic rings. The monoisotopic (exact) mass is 171 g/mol. The van der Waals surface area contributed by atoms with Crippen LogP contribution in [0.3, 0.4) is 0 Å². The SMILES string of the molecule is CC(C)N=C=O.N=C=O.N=C=O. The first kappa shape index (κ1) is 16.6. The minimum Gasteiger partial charge on any atom is -0.222 e. The van der Waals surface area contributed by atoms with Gasteiger partial charge in [0.2, 0.25) is 18.2 Å². The summed E-state index contributed by atoms with van der Waals surface area (Å²) in [5.41, 5.74) is 0. The molecule has 0 saturated heterocycles. The Labute approximate surface area is 69.3 Å². The van der Waals surface area contributed by atoms with Crippen LogP contribution in [0.15, 0.2) is 4.99 Å². The maximum absolute atomic E-state index is 9.32. The highest BCUT2D eigenvalue weighted by Gasteiger charge is 1.78. The second kappa shape index (κ2) is 22.9. The lowest BCUT2D eigenvalue weighted by molar-refractivity contribution is 0.560. The van der Waals surface area contributed by atoms with Crippen LogP contribution in [0.25, 0.3) is 0 Å². The van der Waals surface area contributed by atoms with Gasteiger partial charge in [0.25, 0.3) is 0 Å². The van der Waals surface area contributed by atoms with Crippen molar-refractivity contribution in [3.05, 3.63) is 0 Å². The van der Waals surface area contributed by atoms with Crippen molar-refractivity contribution in [3.8, 4) is 0 Å². The first-order chi connectivity index (χ1) is 5.60. The molecule has 6 nitrogen and oxygen atoms in total. The number of carbonyl (C=O) groups excluding carboxylic acids is 3. The molecule has 0 amide bonds. The summed E-state index contributed by atoms with van der Waals surface area (Å²) in [5.74, 6) is 0. The maximum Gasteiger partial charge on any atom is 0.235 e. The first-order valence-electron chi connectivity index (χ1n) is 2.75. The van der Waals surface area contributed by atoms with Crippen LogP contribution in [0, 0.1) is 10.8 Å². The molecule has 0 saturated carbocycles. The van der Waals surface area contributed by atoms with Crippen LogP contribution >= 0.6 is 0 Å². The van der Waals surface area contributed by atoms with Crippen molar-refractivity contribution < 1.29 is 14.4 Å². The van der Waals surface area contributed by atoms with Crippen molar-refractivity contribution in [1.29, 1.82) is 10.8 Å². The standard InChI is InChI=1S/C4H7NO.2CHNO/c1-4(2)5-3-6;2*2-1-3/h4H,1-2H3;2*2H. The van der Waals surface area contributed by atoms with Gasteiger partial charge in [0.15, 0.2) is 0 Å².